The summed E-state index contributed by atoms with van der Waals surface area (Å²) < 4.78 is 5.26. The number of carbonyl (C=O) groups excluding carboxylic acids is 1. The van der Waals surface area contributed by atoms with Crippen LogP contribution in [-0.4, -0.2) is 5.78 Å². The Morgan fingerprint density at radius 2 is 1.96 bits per heavy atom. The molecule has 0 fully saturated rings. The Labute approximate surface area is 164 Å². The van der Waals surface area contributed by atoms with Gasteiger partial charge in [-0.25, -0.2) is 0 Å². The van der Waals surface area contributed by atoms with Gasteiger partial charge in [-0.1, -0.05) is 42.5 Å². The highest BCUT2D eigenvalue weighted by Crippen LogP contribution is 2.49. The largest absolute Gasteiger partial charge is 0.465 e. The molecular weight excluding hydrogens is 346 g/mol. The van der Waals surface area contributed by atoms with E-state index >= 15 is 0 Å². The van der Waals surface area contributed by atoms with Gasteiger partial charge < -0.3 is 9.73 Å². The SMILES string of the molecule is O=C(/C=C/c1ccco1)c1ccc2c(c1)[C@@H]1C=CC[C@H]1[C@@H](c1ccccc1)N2. The number of rotatable bonds is 4. The second-order valence-electron chi connectivity index (χ2n) is 7.40. The third-order valence-corrected chi connectivity index (χ3v) is 5.75. The second-order valence-corrected chi connectivity index (χ2v) is 7.40. The first-order valence-electron chi connectivity index (χ1n) is 9.67. The molecule has 0 amide bonds. The van der Waals surface area contributed by atoms with Crippen LogP contribution in [-0.2, 0) is 0 Å². The molecule has 3 atom stereocenters. The topological polar surface area (TPSA) is 42.2 Å². The van der Waals surface area contributed by atoms with E-state index in [0.29, 0.717) is 23.2 Å². The van der Waals surface area contributed by atoms with Crippen molar-refractivity contribution in [1.82, 2.24) is 0 Å². The number of furan rings is 1. The Balaban J connectivity index is 1.46. The van der Waals surface area contributed by atoms with Gasteiger partial charge in [0.1, 0.15) is 5.76 Å². The minimum Gasteiger partial charge on any atom is -0.465 e. The van der Waals surface area contributed by atoms with Gasteiger partial charge in [0.25, 0.3) is 0 Å². The smallest absolute Gasteiger partial charge is 0.185 e. The number of hydrogen-bond acceptors (Lipinski definition) is 3. The molecule has 1 N–H and O–H groups in total. The van der Waals surface area contributed by atoms with E-state index in [1.54, 1.807) is 18.4 Å². The van der Waals surface area contributed by atoms with Gasteiger partial charge in [0, 0.05) is 17.2 Å². The van der Waals surface area contributed by atoms with Gasteiger partial charge in [-0.05, 0) is 65.9 Å². The molecule has 0 bridgehead atoms. The van der Waals surface area contributed by atoms with Gasteiger partial charge in [0.2, 0.25) is 0 Å². The van der Waals surface area contributed by atoms with E-state index in [0.717, 1.165) is 12.1 Å². The van der Waals surface area contributed by atoms with Crippen LogP contribution in [0.2, 0.25) is 0 Å². The fourth-order valence-electron chi connectivity index (χ4n) is 4.38. The lowest BCUT2D eigenvalue weighted by molar-refractivity contribution is 0.104. The van der Waals surface area contributed by atoms with Gasteiger partial charge in [0.15, 0.2) is 5.78 Å². The van der Waals surface area contributed by atoms with Crippen molar-refractivity contribution in [2.45, 2.75) is 18.4 Å². The first kappa shape index (κ1) is 16.8. The van der Waals surface area contributed by atoms with Crippen molar-refractivity contribution >= 4 is 17.5 Å². The molecule has 1 aliphatic heterocycles. The summed E-state index contributed by atoms with van der Waals surface area (Å²) in [6, 6.07) is 20.5. The van der Waals surface area contributed by atoms with Crippen LogP contribution in [0.4, 0.5) is 5.69 Å². The molecule has 138 valence electrons. The number of benzene rings is 2. The first-order chi connectivity index (χ1) is 13.8. The van der Waals surface area contributed by atoms with Gasteiger partial charge in [0.05, 0.1) is 12.3 Å². The van der Waals surface area contributed by atoms with E-state index in [4.69, 9.17) is 4.42 Å². The summed E-state index contributed by atoms with van der Waals surface area (Å²) in [6.45, 7) is 0. The molecule has 3 nitrogen and oxygen atoms in total. The van der Waals surface area contributed by atoms with Crippen LogP contribution in [0.3, 0.4) is 0 Å². The van der Waals surface area contributed by atoms with Crippen molar-refractivity contribution in [2.75, 3.05) is 5.32 Å². The van der Waals surface area contributed by atoms with E-state index in [1.165, 1.54) is 11.1 Å². The van der Waals surface area contributed by atoms with Crippen LogP contribution in [0.1, 0.15) is 45.6 Å². The zero-order valence-corrected chi connectivity index (χ0v) is 15.4. The molecular formula is C25H21NO2. The normalized spacial score (nSPS) is 22.6. The molecule has 3 heteroatoms. The predicted molar refractivity (Wildman–Crippen MR) is 111 cm³/mol. The lowest BCUT2D eigenvalue weighted by Gasteiger charge is -2.37. The van der Waals surface area contributed by atoms with Gasteiger partial charge >= 0.3 is 0 Å². The summed E-state index contributed by atoms with van der Waals surface area (Å²) in [6.07, 6.45) is 10.5. The maximum absolute atomic E-state index is 12.6. The zero-order chi connectivity index (χ0) is 18.9. The van der Waals surface area contributed by atoms with Gasteiger partial charge in [-0.2, -0.15) is 0 Å². The van der Waals surface area contributed by atoms with E-state index in [9.17, 15) is 4.79 Å². The molecule has 2 heterocycles. The fraction of sp³-hybridized carbons (Fsp3) is 0.160. The van der Waals surface area contributed by atoms with Crippen LogP contribution >= 0.6 is 0 Å². The third kappa shape index (κ3) is 2.99. The summed E-state index contributed by atoms with van der Waals surface area (Å²) >= 11 is 0. The predicted octanol–water partition coefficient (Wildman–Crippen LogP) is 6.00. The highest BCUT2D eigenvalue weighted by molar-refractivity contribution is 6.07. The summed E-state index contributed by atoms with van der Waals surface area (Å²) in [7, 11) is 0. The van der Waals surface area contributed by atoms with Crippen molar-refractivity contribution in [1.29, 1.82) is 0 Å². The van der Waals surface area contributed by atoms with Crippen LogP contribution < -0.4 is 5.32 Å². The molecule has 28 heavy (non-hydrogen) atoms. The number of fused-ring (bicyclic) bond motifs is 3. The maximum Gasteiger partial charge on any atom is 0.185 e. The van der Waals surface area contributed by atoms with Crippen LogP contribution in [0, 0.1) is 5.92 Å². The lowest BCUT2D eigenvalue weighted by atomic mass is 9.76. The van der Waals surface area contributed by atoms with E-state index in [2.05, 4.69) is 47.8 Å². The number of allylic oxidation sites excluding steroid dienone is 3. The number of anilines is 1. The van der Waals surface area contributed by atoms with Gasteiger partial charge in [-0.15, -0.1) is 0 Å². The van der Waals surface area contributed by atoms with Crippen molar-refractivity contribution in [3.05, 3.63) is 108 Å². The van der Waals surface area contributed by atoms with E-state index < -0.39 is 0 Å². The first-order valence-corrected chi connectivity index (χ1v) is 9.67. The summed E-state index contributed by atoms with van der Waals surface area (Å²) in [4.78, 5) is 12.6. The van der Waals surface area contributed by atoms with Crippen molar-refractivity contribution in [2.24, 2.45) is 5.92 Å². The van der Waals surface area contributed by atoms with Crippen molar-refractivity contribution in [3.8, 4) is 0 Å². The molecule has 0 saturated carbocycles. The monoisotopic (exact) mass is 367 g/mol. The summed E-state index contributed by atoms with van der Waals surface area (Å²) in [5.74, 6) is 1.47. The quantitative estimate of drug-likeness (QED) is 0.349. The average Bonchev–Trinajstić information content (AvgIpc) is 3.44. The van der Waals surface area contributed by atoms with Gasteiger partial charge in [-0.3, -0.25) is 4.79 Å². The Morgan fingerprint density at radius 3 is 2.79 bits per heavy atom. The number of ketones is 1. The van der Waals surface area contributed by atoms with E-state index in [-0.39, 0.29) is 11.8 Å². The maximum atomic E-state index is 12.6. The Morgan fingerprint density at radius 1 is 1.07 bits per heavy atom. The number of nitrogens with one attached hydrogen (secondary N) is 1. The molecule has 0 spiro atoms. The fourth-order valence-corrected chi connectivity index (χ4v) is 4.38. The third-order valence-electron chi connectivity index (χ3n) is 5.75. The Hall–Kier alpha value is -3.33. The number of carbonyl (C=O) groups is 1. The summed E-state index contributed by atoms with van der Waals surface area (Å²) in [5.41, 5.74) is 4.35. The molecule has 2 aliphatic rings. The average molecular weight is 367 g/mol. The molecule has 1 aliphatic carbocycles. The van der Waals surface area contributed by atoms with Crippen LogP contribution in [0.5, 0.6) is 0 Å². The Kier molecular flexibility index (Phi) is 4.21. The number of hydrogen-bond donors (Lipinski definition) is 1. The highest BCUT2D eigenvalue weighted by Gasteiger charge is 2.37. The van der Waals surface area contributed by atoms with E-state index in [1.807, 2.05) is 30.3 Å². The minimum absolute atomic E-state index is 0.0112. The highest BCUT2D eigenvalue weighted by atomic mass is 16.3. The Bertz CT molecular complexity index is 1050. The summed E-state index contributed by atoms with van der Waals surface area (Å²) in [5, 5.41) is 3.72. The standard InChI is InChI=1S/C25H21NO2/c27-24(14-12-19-8-5-15-28-19)18-11-13-23-22(16-18)20-9-4-10-21(20)25(26-23)17-6-2-1-3-7-17/h1-9,11-16,20-21,25-26H,10H2/b14-12+/t20-,21-,25-/m1/s1. The van der Waals surface area contributed by atoms with Crippen molar-refractivity contribution in [3.63, 3.8) is 0 Å². The molecule has 0 saturated heterocycles. The second kappa shape index (κ2) is 7.01. The lowest BCUT2D eigenvalue weighted by Crippen LogP contribution is -2.29. The molecule has 2 aromatic carbocycles. The van der Waals surface area contributed by atoms with Crippen LogP contribution in [0.25, 0.3) is 6.08 Å². The zero-order valence-electron chi connectivity index (χ0n) is 15.4. The minimum atomic E-state index is -0.0112. The molecule has 0 unspecified atom stereocenters. The molecule has 0 radical (unpaired) electrons. The van der Waals surface area contributed by atoms with Crippen LogP contribution in [0.15, 0.2) is 89.6 Å². The molecule has 5 rings (SSSR count). The molecule has 1 aromatic heterocycles. The molecule has 3 aromatic rings. The van der Waals surface area contributed by atoms with Crippen molar-refractivity contribution < 1.29 is 9.21 Å².